The van der Waals surface area contributed by atoms with Crippen LogP contribution in [0, 0.1) is 0 Å². The maximum atomic E-state index is 5.56. The number of fused-ring (bicyclic) bond motifs is 14. The highest BCUT2D eigenvalue weighted by Crippen LogP contribution is 2.47. The molecule has 11 aromatic rings. The number of benzene rings is 9. The van der Waals surface area contributed by atoms with Crippen molar-refractivity contribution in [1.82, 2.24) is 4.57 Å². The summed E-state index contributed by atoms with van der Waals surface area (Å²) in [5, 5.41) is 19.1. The van der Waals surface area contributed by atoms with Gasteiger partial charge in [0, 0.05) is 41.9 Å². The molecule has 0 spiro atoms. The molecule has 242 valence electrons. The van der Waals surface area contributed by atoms with Crippen molar-refractivity contribution in [3.05, 3.63) is 169 Å². The van der Waals surface area contributed by atoms with E-state index < -0.39 is 0 Å². The van der Waals surface area contributed by atoms with Crippen LogP contribution in [0.15, 0.2) is 169 Å². The molecular weight excluding hydrogens is 651 g/mol. The normalized spacial score (nSPS) is 14.6. The highest BCUT2D eigenvalue weighted by Gasteiger charge is 2.30. The molecule has 2 aromatic heterocycles. The third-order valence-corrected chi connectivity index (χ3v) is 12.4. The molecule has 1 aliphatic rings. The van der Waals surface area contributed by atoms with Gasteiger partial charge in [0.1, 0.15) is 6.17 Å². The van der Waals surface area contributed by atoms with Crippen LogP contribution in [0.25, 0.3) is 85.1 Å². The van der Waals surface area contributed by atoms with Gasteiger partial charge in [-0.3, -0.25) is 0 Å². The summed E-state index contributed by atoms with van der Waals surface area (Å²) in [5.74, 6) is 0. The molecule has 3 nitrogen and oxygen atoms in total. The lowest BCUT2D eigenvalue weighted by Crippen LogP contribution is -2.30. The van der Waals surface area contributed by atoms with Crippen molar-refractivity contribution in [1.29, 1.82) is 0 Å². The zero-order valence-corrected chi connectivity index (χ0v) is 28.8. The van der Waals surface area contributed by atoms with Gasteiger partial charge in [0.25, 0.3) is 0 Å². The smallest absolute Gasteiger partial charge is 0.148 e. The van der Waals surface area contributed by atoms with Crippen molar-refractivity contribution in [3.63, 3.8) is 0 Å². The van der Waals surface area contributed by atoms with E-state index in [0.29, 0.717) is 0 Å². The van der Waals surface area contributed by atoms with Gasteiger partial charge in [-0.05, 0) is 68.0 Å². The van der Waals surface area contributed by atoms with Crippen LogP contribution in [-0.4, -0.2) is 10.3 Å². The summed E-state index contributed by atoms with van der Waals surface area (Å²) >= 11 is 1.91. The number of aliphatic imine (C=N–C) groups is 1. The molecule has 0 fully saturated rings. The van der Waals surface area contributed by atoms with Crippen LogP contribution in [0.5, 0.6) is 0 Å². The number of aromatic nitrogens is 1. The molecular formula is C48H29N3S. The number of nitrogens with one attached hydrogen (secondary N) is 1. The summed E-state index contributed by atoms with van der Waals surface area (Å²) < 4.78 is 5.18. The Balaban J connectivity index is 1.21. The zero-order valence-electron chi connectivity index (χ0n) is 28.0. The Morgan fingerprint density at radius 1 is 0.481 bits per heavy atom. The number of anilines is 1. The number of rotatable bonds is 2. The maximum Gasteiger partial charge on any atom is 0.148 e. The molecule has 0 radical (unpaired) electrons. The molecule has 1 aliphatic heterocycles. The highest BCUT2D eigenvalue weighted by molar-refractivity contribution is 7.26. The van der Waals surface area contributed by atoms with Crippen LogP contribution in [0.4, 0.5) is 11.4 Å². The van der Waals surface area contributed by atoms with E-state index in [-0.39, 0.29) is 6.17 Å². The van der Waals surface area contributed by atoms with E-state index in [1.165, 1.54) is 85.1 Å². The standard InChI is InChI=1S/C48H29N3S/c1-2-13-32-25-33(18-17-28(32)9-1)45-48(50-46-35-15-7-4-11-30(35)20-23-40(46)49-45)51-41-24-21-29-10-3-6-14-34(29)44(41)39-27-43-38(26-42(39)51)37-22-19-31-12-5-8-16-36(31)47(37)52-43/h1-27,48,50H. The van der Waals surface area contributed by atoms with Crippen molar-refractivity contribution in [2.75, 3.05) is 5.32 Å². The van der Waals surface area contributed by atoms with Crippen LogP contribution in [-0.2, 0) is 0 Å². The van der Waals surface area contributed by atoms with Gasteiger partial charge in [0.2, 0.25) is 0 Å². The Hall–Kier alpha value is -6.49. The first-order valence-electron chi connectivity index (χ1n) is 17.8. The molecule has 1 N–H and O–H groups in total. The summed E-state index contributed by atoms with van der Waals surface area (Å²) in [7, 11) is 0. The van der Waals surface area contributed by atoms with Gasteiger partial charge >= 0.3 is 0 Å². The van der Waals surface area contributed by atoms with E-state index in [2.05, 4.69) is 174 Å². The second-order valence-corrected chi connectivity index (χ2v) is 15.0. The molecule has 3 heterocycles. The molecule has 0 saturated heterocycles. The van der Waals surface area contributed by atoms with E-state index in [1.54, 1.807) is 0 Å². The van der Waals surface area contributed by atoms with E-state index in [1.807, 2.05) is 11.3 Å². The number of thiophene rings is 1. The van der Waals surface area contributed by atoms with Crippen molar-refractivity contribution >= 4 is 113 Å². The van der Waals surface area contributed by atoms with Gasteiger partial charge in [-0.1, -0.05) is 133 Å². The van der Waals surface area contributed by atoms with Gasteiger partial charge < -0.3 is 9.88 Å². The first kappa shape index (κ1) is 28.2. The molecule has 0 bridgehead atoms. The molecule has 1 unspecified atom stereocenters. The lowest BCUT2D eigenvalue weighted by Gasteiger charge is -2.31. The molecule has 0 aliphatic carbocycles. The van der Waals surface area contributed by atoms with Gasteiger partial charge in [-0.15, -0.1) is 11.3 Å². The van der Waals surface area contributed by atoms with Crippen molar-refractivity contribution in [2.24, 2.45) is 4.99 Å². The Morgan fingerprint density at radius 2 is 1.13 bits per heavy atom. The molecule has 52 heavy (non-hydrogen) atoms. The summed E-state index contributed by atoms with van der Waals surface area (Å²) in [6, 6.07) is 60.0. The highest BCUT2D eigenvalue weighted by atomic mass is 32.1. The Labute approximate surface area is 302 Å². The molecule has 1 atom stereocenters. The third kappa shape index (κ3) is 3.93. The Bertz CT molecular complexity index is 3350. The minimum atomic E-state index is -0.274. The van der Waals surface area contributed by atoms with Gasteiger partial charge in [-0.2, -0.15) is 0 Å². The van der Waals surface area contributed by atoms with Gasteiger partial charge in [0.05, 0.1) is 28.1 Å². The largest absolute Gasteiger partial charge is 0.358 e. The average Bonchev–Trinajstić information content (AvgIpc) is 3.74. The SMILES string of the molecule is c1ccc2cc(C3=Nc4ccc5ccccc5c4NC3n3c4cc5c(cc4c4c6ccccc6ccc43)sc3c4ccccc4ccc53)ccc2c1. The number of hydrogen-bond acceptors (Lipinski definition) is 3. The van der Waals surface area contributed by atoms with Gasteiger partial charge in [-0.25, -0.2) is 4.99 Å². The Kier molecular flexibility index (Phi) is 5.71. The van der Waals surface area contributed by atoms with Crippen molar-refractivity contribution in [2.45, 2.75) is 6.17 Å². The maximum absolute atomic E-state index is 5.56. The minimum Gasteiger partial charge on any atom is -0.358 e. The van der Waals surface area contributed by atoms with E-state index in [9.17, 15) is 0 Å². The average molecular weight is 680 g/mol. The summed E-state index contributed by atoms with van der Waals surface area (Å²) in [5.41, 5.74) is 6.53. The van der Waals surface area contributed by atoms with Crippen LogP contribution >= 0.6 is 11.3 Å². The van der Waals surface area contributed by atoms with E-state index in [4.69, 9.17) is 4.99 Å². The molecule has 0 amide bonds. The third-order valence-electron chi connectivity index (χ3n) is 11.2. The number of hydrogen-bond donors (Lipinski definition) is 1. The monoisotopic (exact) mass is 679 g/mol. The molecule has 0 saturated carbocycles. The predicted molar refractivity (Wildman–Crippen MR) is 224 cm³/mol. The fraction of sp³-hybridized carbons (Fsp3) is 0.0208. The summed E-state index contributed by atoms with van der Waals surface area (Å²) in [6.07, 6.45) is -0.274. The van der Waals surface area contributed by atoms with Gasteiger partial charge in [0.15, 0.2) is 0 Å². The van der Waals surface area contributed by atoms with E-state index in [0.717, 1.165) is 22.6 Å². The number of nitrogens with zero attached hydrogens (tertiary/aromatic N) is 2. The fourth-order valence-corrected chi connectivity index (χ4v) is 10.0. The van der Waals surface area contributed by atoms with E-state index >= 15 is 0 Å². The van der Waals surface area contributed by atoms with Crippen molar-refractivity contribution < 1.29 is 0 Å². The molecule has 4 heteroatoms. The van der Waals surface area contributed by atoms with Crippen molar-refractivity contribution in [3.8, 4) is 0 Å². The summed E-state index contributed by atoms with van der Waals surface area (Å²) in [4.78, 5) is 5.56. The molecule has 9 aromatic carbocycles. The van der Waals surface area contributed by atoms with Crippen LogP contribution < -0.4 is 5.32 Å². The van der Waals surface area contributed by atoms with Crippen LogP contribution in [0.2, 0.25) is 0 Å². The topological polar surface area (TPSA) is 29.3 Å². The first-order chi connectivity index (χ1) is 25.8. The molecule has 12 rings (SSSR count). The minimum absolute atomic E-state index is 0.274. The van der Waals surface area contributed by atoms with Crippen LogP contribution in [0.3, 0.4) is 0 Å². The first-order valence-corrected chi connectivity index (χ1v) is 18.6. The summed E-state index contributed by atoms with van der Waals surface area (Å²) in [6.45, 7) is 0. The second-order valence-electron chi connectivity index (χ2n) is 14.0. The van der Waals surface area contributed by atoms with Crippen LogP contribution in [0.1, 0.15) is 11.7 Å². The second kappa shape index (κ2) is 10.5. The predicted octanol–water partition coefficient (Wildman–Crippen LogP) is 13.5. The zero-order chi connectivity index (χ0) is 33.9. The lowest BCUT2D eigenvalue weighted by molar-refractivity contribution is 0.760. The fourth-order valence-electron chi connectivity index (χ4n) is 8.75. The Morgan fingerprint density at radius 3 is 1.98 bits per heavy atom. The quantitative estimate of drug-likeness (QED) is 0.194. The lowest BCUT2D eigenvalue weighted by atomic mass is 9.99.